The fraction of sp³-hybridized carbons (Fsp3) is 0. The Bertz CT molecular complexity index is 5570. The molecule has 18 aromatic rings. The van der Waals surface area contributed by atoms with E-state index >= 15 is 0 Å². The van der Waals surface area contributed by atoms with Crippen molar-refractivity contribution >= 4 is 145 Å². The fourth-order valence-corrected chi connectivity index (χ4v) is 15.7. The first kappa shape index (κ1) is 50.0. The van der Waals surface area contributed by atoms with Gasteiger partial charge in [0.25, 0.3) is 6.71 Å². The maximum absolute atomic E-state index is 7.57. The molecule has 7 heteroatoms. The molecular formula is C84H51BN4O2. The molecule has 0 saturated carbocycles. The molecular weight excluding hydrogens is 1110 g/mol. The van der Waals surface area contributed by atoms with Crippen molar-refractivity contribution in [2.75, 3.05) is 9.80 Å². The second-order valence-corrected chi connectivity index (χ2v) is 24.2. The van der Waals surface area contributed by atoms with Crippen LogP contribution in [0.3, 0.4) is 0 Å². The monoisotopic (exact) mass is 1160 g/mol. The Morgan fingerprint density at radius 1 is 0.242 bits per heavy atom. The standard InChI is InChI=1S/C84H51BN4O2/c1-4-22-52(23-5-1)55-48-72-80-73(49-55)89(59-46-42-57(43-47-59)87-70-36-18-12-30-62(70)63-31-13-19-37-71(63)87)75-51-67(54-26-8-3-9-27-54)79-65-33-15-21-39-77(65)91-84(79)82(75)85(80)81-74(50-66(53-24-6-2-7-25-53)78-64-32-14-20-38-76(64)90-83(78)81)88(72)58-44-40-56(41-45-58)86-68-34-16-10-28-60(68)61-29-11-17-35-69(61)86/h1-51H. The van der Waals surface area contributed by atoms with Gasteiger partial charge in [0, 0.05) is 88.6 Å². The highest BCUT2D eigenvalue weighted by Gasteiger charge is 2.48. The van der Waals surface area contributed by atoms with Gasteiger partial charge in [-0.1, -0.05) is 200 Å². The second kappa shape index (κ2) is 19.2. The van der Waals surface area contributed by atoms with Crippen LogP contribution in [-0.4, -0.2) is 15.8 Å². The Hall–Kier alpha value is -12.1. The van der Waals surface area contributed by atoms with Crippen molar-refractivity contribution in [3.05, 3.63) is 309 Å². The summed E-state index contributed by atoms with van der Waals surface area (Å²) < 4.78 is 20.0. The molecule has 0 spiro atoms. The lowest BCUT2D eigenvalue weighted by atomic mass is 9.33. The van der Waals surface area contributed by atoms with Crippen LogP contribution in [0.4, 0.5) is 34.1 Å². The van der Waals surface area contributed by atoms with E-state index in [4.69, 9.17) is 8.83 Å². The number of anilines is 6. The molecule has 0 bridgehead atoms. The molecule has 14 aromatic carbocycles. The summed E-state index contributed by atoms with van der Waals surface area (Å²) in [4.78, 5) is 5.07. The van der Waals surface area contributed by atoms with Gasteiger partial charge in [-0.05, 0) is 159 Å². The molecule has 0 atom stereocenters. The van der Waals surface area contributed by atoms with Gasteiger partial charge in [0.05, 0.1) is 22.1 Å². The van der Waals surface area contributed by atoms with Crippen LogP contribution in [0.2, 0.25) is 0 Å². The van der Waals surface area contributed by atoms with Crippen LogP contribution >= 0.6 is 0 Å². The Kier molecular flexibility index (Phi) is 10.6. The molecule has 0 amide bonds. The van der Waals surface area contributed by atoms with E-state index < -0.39 is 6.71 Å². The molecule has 0 unspecified atom stereocenters. The molecule has 0 radical (unpaired) electrons. The average Bonchev–Trinajstić information content (AvgIpc) is 1.63. The lowest BCUT2D eigenvalue weighted by molar-refractivity contribution is 0.671. The molecule has 91 heavy (non-hydrogen) atoms. The smallest absolute Gasteiger partial charge is 0.261 e. The molecule has 0 N–H and O–H groups in total. The number of rotatable bonds is 7. The molecule has 2 aliphatic heterocycles. The van der Waals surface area contributed by atoms with Crippen LogP contribution in [0.15, 0.2) is 318 Å². The molecule has 0 aliphatic carbocycles. The molecule has 4 aromatic heterocycles. The molecule has 2 aliphatic rings. The van der Waals surface area contributed by atoms with Crippen molar-refractivity contribution in [1.29, 1.82) is 0 Å². The highest BCUT2D eigenvalue weighted by atomic mass is 16.3. The molecule has 6 heterocycles. The minimum Gasteiger partial charge on any atom is -0.456 e. The van der Waals surface area contributed by atoms with E-state index in [1.807, 2.05) is 0 Å². The van der Waals surface area contributed by atoms with Gasteiger partial charge < -0.3 is 27.8 Å². The van der Waals surface area contributed by atoms with Gasteiger partial charge in [0.2, 0.25) is 0 Å². The van der Waals surface area contributed by atoms with Crippen molar-refractivity contribution in [1.82, 2.24) is 9.13 Å². The summed E-state index contributed by atoms with van der Waals surface area (Å²) in [6.45, 7) is -0.401. The van der Waals surface area contributed by atoms with Crippen molar-refractivity contribution in [2.24, 2.45) is 0 Å². The number of hydrogen-bond donors (Lipinski definition) is 0. The van der Waals surface area contributed by atoms with Gasteiger partial charge in [0.15, 0.2) is 0 Å². The number of hydrogen-bond acceptors (Lipinski definition) is 4. The SMILES string of the molecule is c1ccc(-c2cc3c4c(c2)N(c2ccc(-n5c6ccccc6c6ccccc65)cc2)c2cc(-c5ccccc5)c5c(oc6ccccc65)c2B4c2c(cc(-c4ccccc4)c4c2oc2ccccc24)N3c2ccc(-n3c4ccccc4c4ccccc43)cc2)cc1. The van der Waals surface area contributed by atoms with Crippen LogP contribution in [0.25, 0.3) is 132 Å². The van der Waals surface area contributed by atoms with Crippen LogP contribution in [0.1, 0.15) is 0 Å². The van der Waals surface area contributed by atoms with Gasteiger partial charge in [-0.3, -0.25) is 0 Å². The Balaban J connectivity index is 0.929. The number of nitrogens with zero attached hydrogens (tertiary/aromatic N) is 4. The molecule has 6 nitrogen and oxygen atoms in total. The van der Waals surface area contributed by atoms with E-state index in [9.17, 15) is 0 Å². The number of aromatic nitrogens is 2. The Morgan fingerprint density at radius 2 is 0.549 bits per heavy atom. The number of furan rings is 2. The quantitative estimate of drug-likeness (QED) is 0.149. The summed E-state index contributed by atoms with van der Waals surface area (Å²) in [6, 6.07) is 113. The molecule has 20 rings (SSSR count). The first-order valence-electron chi connectivity index (χ1n) is 31.3. The van der Waals surface area contributed by atoms with E-state index in [0.717, 1.165) is 139 Å². The third kappa shape index (κ3) is 7.20. The second-order valence-electron chi connectivity index (χ2n) is 24.2. The zero-order chi connectivity index (χ0) is 59.4. The summed E-state index contributed by atoms with van der Waals surface area (Å²) in [5.74, 6) is 0. The van der Waals surface area contributed by atoms with Crippen molar-refractivity contribution in [2.45, 2.75) is 0 Å². The predicted octanol–water partition coefficient (Wildman–Crippen LogP) is 20.8. The Morgan fingerprint density at radius 3 is 0.934 bits per heavy atom. The van der Waals surface area contributed by atoms with E-state index in [1.54, 1.807) is 0 Å². The van der Waals surface area contributed by atoms with Gasteiger partial charge in [-0.2, -0.15) is 0 Å². The zero-order valence-electron chi connectivity index (χ0n) is 49.1. The minimum absolute atomic E-state index is 0.401. The first-order valence-corrected chi connectivity index (χ1v) is 31.3. The fourth-order valence-electron chi connectivity index (χ4n) is 15.7. The normalized spacial score (nSPS) is 12.8. The van der Waals surface area contributed by atoms with Crippen LogP contribution < -0.4 is 26.2 Å². The van der Waals surface area contributed by atoms with E-state index in [2.05, 4.69) is 328 Å². The number of fused-ring (bicyclic) bond motifs is 18. The highest BCUT2D eigenvalue weighted by Crippen LogP contribution is 2.52. The number of para-hydroxylation sites is 6. The van der Waals surface area contributed by atoms with Crippen LogP contribution in [0, 0.1) is 0 Å². The van der Waals surface area contributed by atoms with E-state index in [-0.39, 0.29) is 0 Å². The molecule has 0 saturated heterocycles. The first-order chi connectivity index (χ1) is 45.2. The third-order valence-electron chi connectivity index (χ3n) is 19.5. The summed E-state index contributed by atoms with van der Waals surface area (Å²) in [6.07, 6.45) is 0. The number of benzene rings is 14. The summed E-state index contributed by atoms with van der Waals surface area (Å²) in [5, 5.41) is 9.22. The average molecular weight is 1160 g/mol. The van der Waals surface area contributed by atoms with Gasteiger partial charge in [-0.15, -0.1) is 0 Å². The Labute approximate surface area is 523 Å². The largest absolute Gasteiger partial charge is 0.456 e. The van der Waals surface area contributed by atoms with Gasteiger partial charge in [0.1, 0.15) is 22.3 Å². The van der Waals surface area contributed by atoms with Crippen molar-refractivity contribution in [3.8, 4) is 44.8 Å². The van der Waals surface area contributed by atoms with E-state index in [1.165, 1.54) is 43.6 Å². The maximum atomic E-state index is 7.57. The lowest BCUT2D eigenvalue weighted by Gasteiger charge is -2.44. The topological polar surface area (TPSA) is 42.6 Å². The minimum atomic E-state index is -0.401. The van der Waals surface area contributed by atoms with Gasteiger partial charge >= 0.3 is 0 Å². The zero-order valence-corrected chi connectivity index (χ0v) is 49.1. The van der Waals surface area contributed by atoms with Crippen LogP contribution in [0.5, 0.6) is 0 Å². The predicted molar refractivity (Wildman–Crippen MR) is 380 cm³/mol. The van der Waals surface area contributed by atoms with Crippen molar-refractivity contribution in [3.63, 3.8) is 0 Å². The van der Waals surface area contributed by atoms with Crippen molar-refractivity contribution < 1.29 is 8.83 Å². The summed E-state index contributed by atoms with van der Waals surface area (Å²) >= 11 is 0. The maximum Gasteiger partial charge on any atom is 0.261 e. The third-order valence-corrected chi connectivity index (χ3v) is 19.5. The van der Waals surface area contributed by atoms with Gasteiger partial charge in [-0.25, -0.2) is 0 Å². The summed E-state index contributed by atoms with van der Waals surface area (Å²) in [5.41, 5.74) is 26.4. The summed E-state index contributed by atoms with van der Waals surface area (Å²) in [7, 11) is 0. The molecule has 422 valence electrons. The lowest BCUT2D eigenvalue weighted by Crippen LogP contribution is -2.61. The highest BCUT2D eigenvalue weighted by molar-refractivity contribution is 7.03. The van der Waals surface area contributed by atoms with Crippen LogP contribution in [-0.2, 0) is 0 Å². The molecule has 0 fully saturated rings. The van der Waals surface area contributed by atoms with E-state index in [0.29, 0.717) is 0 Å².